The number of rotatable bonds is 3. The molecule has 0 atom stereocenters. The minimum Gasteiger partial charge on any atom is -0.378 e. The fourth-order valence-corrected chi connectivity index (χ4v) is 1.81. The van der Waals surface area contributed by atoms with Crippen LogP contribution in [0.5, 0.6) is 0 Å². The number of hydrogen-bond acceptors (Lipinski definition) is 4. The van der Waals surface area contributed by atoms with E-state index in [1.807, 2.05) is 29.6 Å². The van der Waals surface area contributed by atoms with Crippen LogP contribution in [0.25, 0.3) is 11.5 Å². The summed E-state index contributed by atoms with van der Waals surface area (Å²) in [5, 5.41) is 4.19. The van der Waals surface area contributed by atoms with Gasteiger partial charge in [-0.25, -0.2) is 4.98 Å². The largest absolute Gasteiger partial charge is 0.378 e. The van der Waals surface area contributed by atoms with Crippen LogP contribution in [0.15, 0.2) is 17.1 Å². The number of nitrogens with one attached hydrogen (secondary N) is 1. The zero-order chi connectivity index (χ0) is 12.4. The van der Waals surface area contributed by atoms with Gasteiger partial charge in [-0.3, -0.25) is 9.48 Å². The lowest BCUT2D eigenvalue weighted by Crippen LogP contribution is -2.17. The van der Waals surface area contributed by atoms with Crippen molar-refractivity contribution in [1.82, 2.24) is 19.7 Å². The van der Waals surface area contributed by atoms with E-state index < -0.39 is 0 Å². The summed E-state index contributed by atoms with van der Waals surface area (Å²) in [6, 6.07) is 1.79. The summed E-state index contributed by atoms with van der Waals surface area (Å²) in [5.74, 6) is 0.461. The summed E-state index contributed by atoms with van der Waals surface area (Å²) in [4.78, 5) is 18.8. The van der Waals surface area contributed by atoms with Crippen molar-refractivity contribution in [3.8, 4) is 11.5 Å². The first-order valence-corrected chi connectivity index (χ1v) is 5.97. The van der Waals surface area contributed by atoms with Gasteiger partial charge in [0.25, 0.3) is 5.56 Å². The molecule has 0 amide bonds. The average Bonchev–Trinajstić information content (AvgIpc) is 2.71. The van der Waals surface area contributed by atoms with Crippen molar-refractivity contribution in [1.29, 1.82) is 0 Å². The first-order chi connectivity index (χ1) is 8.11. The maximum Gasteiger partial charge on any atom is 0.265 e. The molecule has 0 saturated heterocycles. The van der Waals surface area contributed by atoms with Crippen molar-refractivity contribution in [3.63, 3.8) is 0 Å². The van der Waals surface area contributed by atoms with Gasteiger partial charge in [0, 0.05) is 20.4 Å². The summed E-state index contributed by atoms with van der Waals surface area (Å²) in [6.45, 7) is 0.308. The summed E-state index contributed by atoms with van der Waals surface area (Å²) in [7, 11) is 3.38. The van der Waals surface area contributed by atoms with Gasteiger partial charge < -0.3 is 9.72 Å². The molecule has 0 aliphatic rings. The molecule has 7 heteroatoms. The van der Waals surface area contributed by atoms with E-state index in [9.17, 15) is 4.79 Å². The highest BCUT2D eigenvalue weighted by Gasteiger charge is 2.11. The topological polar surface area (TPSA) is 72.8 Å². The number of ether oxygens (including phenoxy) is 1. The molecule has 0 spiro atoms. The summed E-state index contributed by atoms with van der Waals surface area (Å²) in [5.41, 5.74) is 1.09. The van der Waals surface area contributed by atoms with Crippen LogP contribution in [0.1, 0.15) is 5.69 Å². The Hall–Kier alpha value is -1.22. The van der Waals surface area contributed by atoms with Crippen molar-refractivity contribution >= 4 is 22.6 Å². The molecule has 6 nitrogen and oxygen atoms in total. The van der Waals surface area contributed by atoms with Crippen LogP contribution in [0.4, 0.5) is 0 Å². The van der Waals surface area contributed by atoms with Gasteiger partial charge in [0.15, 0.2) is 5.82 Å². The van der Waals surface area contributed by atoms with E-state index in [1.54, 1.807) is 24.1 Å². The third-order valence-electron chi connectivity index (χ3n) is 2.17. The molecule has 0 saturated carbocycles. The van der Waals surface area contributed by atoms with Crippen molar-refractivity contribution in [2.75, 3.05) is 7.11 Å². The summed E-state index contributed by atoms with van der Waals surface area (Å²) >= 11 is 1.96. The Bertz CT molecular complexity index is 590. The smallest absolute Gasteiger partial charge is 0.265 e. The molecule has 0 radical (unpaired) electrons. The van der Waals surface area contributed by atoms with E-state index in [2.05, 4.69) is 15.1 Å². The van der Waals surface area contributed by atoms with Crippen molar-refractivity contribution < 1.29 is 4.74 Å². The normalized spacial score (nSPS) is 10.8. The Morgan fingerprint density at radius 1 is 1.59 bits per heavy atom. The Morgan fingerprint density at radius 3 is 2.94 bits per heavy atom. The lowest BCUT2D eigenvalue weighted by atomic mass is 10.3. The van der Waals surface area contributed by atoms with Gasteiger partial charge in [-0.2, -0.15) is 5.10 Å². The molecular weight excluding hydrogens is 335 g/mol. The van der Waals surface area contributed by atoms with Gasteiger partial charge in [-0.05, 0) is 28.7 Å². The molecule has 2 heterocycles. The molecule has 1 N–H and O–H groups in total. The molecule has 90 valence electrons. The third-order valence-corrected chi connectivity index (χ3v) is 3.28. The highest BCUT2D eigenvalue weighted by Crippen LogP contribution is 2.13. The predicted octanol–water partition coefficient (Wildman–Crippen LogP) is 0.921. The maximum absolute atomic E-state index is 11.7. The van der Waals surface area contributed by atoms with Crippen LogP contribution < -0.4 is 5.56 Å². The van der Waals surface area contributed by atoms with Crippen molar-refractivity contribution in [3.05, 3.63) is 31.9 Å². The number of nitrogens with zero attached hydrogens (tertiary/aromatic N) is 3. The standard InChI is InChI=1S/C10H11IN4O2/c1-15-4-3-6(14-15)9-12-7(5-17-2)8(11)10(16)13-9/h3-4H,5H2,1-2H3,(H,12,13,16). The van der Waals surface area contributed by atoms with E-state index in [0.29, 0.717) is 27.4 Å². The molecular formula is C10H11IN4O2. The Kier molecular flexibility index (Phi) is 3.57. The van der Waals surface area contributed by atoms with Gasteiger partial charge in [0.05, 0.1) is 12.3 Å². The molecule has 0 aliphatic heterocycles. The van der Waals surface area contributed by atoms with Crippen LogP contribution >= 0.6 is 22.6 Å². The van der Waals surface area contributed by atoms with Gasteiger partial charge in [-0.15, -0.1) is 0 Å². The zero-order valence-corrected chi connectivity index (χ0v) is 11.6. The fourth-order valence-electron chi connectivity index (χ4n) is 1.40. The van der Waals surface area contributed by atoms with Crippen LogP contribution in [0.2, 0.25) is 0 Å². The van der Waals surface area contributed by atoms with Gasteiger partial charge in [0.2, 0.25) is 0 Å². The van der Waals surface area contributed by atoms with Crippen LogP contribution in [0.3, 0.4) is 0 Å². The second kappa shape index (κ2) is 4.96. The van der Waals surface area contributed by atoms with Crippen LogP contribution in [-0.2, 0) is 18.4 Å². The number of methoxy groups -OCH3 is 1. The van der Waals surface area contributed by atoms with E-state index in [0.717, 1.165) is 0 Å². The van der Waals surface area contributed by atoms with E-state index in [-0.39, 0.29) is 5.56 Å². The first kappa shape index (κ1) is 12.2. The molecule has 0 aromatic carbocycles. The van der Waals surface area contributed by atoms with Crippen LogP contribution in [-0.4, -0.2) is 26.9 Å². The fraction of sp³-hybridized carbons (Fsp3) is 0.300. The number of halogens is 1. The molecule has 0 aliphatic carbocycles. The first-order valence-electron chi connectivity index (χ1n) is 4.89. The zero-order valence-electron chi connectivity index (χ0n) is 9.40. The predicted molar refractivity (Wildman–Crippen MR) is 70.5 cm³/mol. The lowest BCUT2D eigenvalue weighted by molar-refractivity contribution is 0.180. The maximum atomic E-state index is 11.7. The lowest BCUT2D eigenvalue weighted by Gasteiger charge is -2.03. The molecule has 2 rings (SSSR count). The Morgan fingerprint density at radius 2 is 2.35 bits per heavy atom. The molecule has 2 aromatic heterocycles. The van der Waals surface area contributed by atoms with Gasteiger partial charge in [0.1, 0.15) is 9.26 Å². The highest BCUT2D eigenvalue weighted by atomic mass is 127. The van der Waals surface area contributed by atoms with Crippen LogP contribution in [0, 0.1) is 3.57 Å². The molecule has 0 bridgehead atoms. The van der Waals surface area contributed by atoms with Gasteiger partial charge >= 0.3 is 0 Å². The SMILES string of the molecule is COCc1nc(-c2ccn(C)n2)[nH]c(=O)c1I. The number of aromatic amines is 1. The van der Waals surface area contributed by atoms with Crippen molar-refractivity contribution in [2.24, 2.45) is 7.05 Å². The minimum absolute atomic E-state index is 0.173. The second-order valence-electron chi connectivity index (χ2n) is 3.48. The van der Waals surface area contributed by atoms with E-state index >= 15 is 0 Å². The quantitative estimate of drug-likeness (QED) is 0.839. The van der Waals surface area contributed by atoms with E-state index in [4.69, 9.17) is 4.74 Å². The van der Waals surface area contributed by atoms with Gasteiger partial charge in [-0.1, -0.05) is 0 Å². The van der Waals surface area contributed by atoms with E-state index in [1.165, 1.54) is 0 Å². The molecule has 2 aromatic rings. The minimum atomic E-state index is -0.173. The molecule has 17 heavy (non-hydrogen) atoms. The monoisotopic (exact) mass is 346 g/mol. The number of hydrogen-bond donors (Lipinski definition) is 1. The average molecular weight is 346 g/mol. The van der Waals surface area contributed by atoms with Crippen molar-refractivity contribution in [2.45, 2.75) is 6.61 Å². The number of H-pyrrole nitrogens is 1. The second-order valence-corrected chi connectivity index (χ2v) is 4.56. The Balaban J connectivity index is 2.52. The molecule has 0 unspecified atom stereocenters. The third kappa shape index (κ3) is 2.55. The summed E-state index contributed by atoms with van der Waals surface area (Å²) < 4.78 is 7.22. The number of aryl methyl sites for hydroxylation is 1. The number of aromatic nitrogens is 4. The molecule has 0 fully saturated rings. The highest BCUT2D eigenvalue weighted by molar-refractivity contribution is 14.1. The Labute approximate surface area is 111 Å². The summed E-state index contributed by atoms with van der Waals surface area (Å²) in [6.07, 6.45) is 1.79.